The number of hydrogen-bond donors (Lipinski definition) is 1. The second-order valence-corrected chi connectivity index (χ2v) is 6.07. The highest BCUT2D eigenvalue weighted by Crippen LogP contribution is 2.25. The Labute approximate surface area is 141 Å². The van der Waals surface area contributed by atoms with Crippen LogP contribution in [0.4, 0.5) is 5.82 Å². The Bertz CT molecular complexity index is 861. The first-order chi connectivity index (χ1) is 11.5. The molecule has 0 spiro atoms. The predicted octanol–water partition coefficient (Wildman–Crippen LogP) is 3.70. The molecule has 5 nitrogen and oxygen atoms in total. The zero-order valence-corrected chi connectivity index (χ0v) is 14.4. The lowest BCUT2D eigenvalue weighted by Gasteiger charge is -2.19. The number of anilines is 1. The van der Waals surface area contributed by atoms with Crippen molar-refractivity contribution in [3.05, 3.63) is 71.2 Å². The quantitative estimate of drug-likeness (QED) is 0.796. The number of amides is 1. The summed E-state index contributed by atoms with van der Waals surface area (Å²) in [5, 5.41) is 7.05. The number of nitrogens with zero attached hydrogens (tertiary/aromatic N) is 3. The van der Waals surface area contributed by atoms with Gasteiger partial charge in [-0.1, -0.05) is 30.3 Å². The SMILES string of the molecule is Cc1cc(C(=O)Nc2ccn(C)n2)c(C)n1[C@@H](C)c1ccccc1. The lowest BCUT2D eigenvalue weighted by molar-refractivity contribution is 0.102. The van der Waals surface area contributed by atoms with E-state index in [1.54, 1.807) is 16.9 Å². The van der Waals surface area contributed by atoms with Crippen molar-refractivity contribution in [1.29, 1.82) is 0 Å². The van der Waals surface area contributed by atoms with E-state index in [2.05, 4.69) is 34.0 Å². The summed E-state index contributed by atoms with van der Waals surface area (Å²) in [4.78, 5) is 12.6. The normalized spacial score (nSPS) is 12.2. The van der Waals surface area contributed by atoms with E-state index in [1.807, 2.05) is 45.2 Å². The Morgan fingerprint density at radius 3 is 2.50 bits per heavy atom. The van der Waals surface area contributed by atoms with Crippen molar-refractivity contribution in [3.63, 3.8) is 0 Å². The summed E-state index contributed by atoms with van der Waals surface area (Å²) in [5.74, 6) is 0.428. The molecule has 0 aliphatic heterocycles. The molecule has 0 unspecified atom stereocenters. The zero-order chi connectivity index (χ0) is 17.3. The van der Waals surface area contributed by atoms with E-state index < -0.39 is 0 Å². The molecule has 0 bridgehead atoms. The van der Waals surface area contributed by atoms with Crippen LogP contribution in [0.25, 0.3) is 0 Å². The van der Waals surface area contributed by atoms with Crippen LogP contribution in [0.1, 0.15) is 40.3 Å². The number of rotatable bonds is 4. The second-order valence-electron chi connectivity index (χ2n) is 6.07. The molecular weight excluding hydrogens is 300 g/mol. The number of nitrogens with one attached hydrogen (secondary N) is 1. The van der Waals surface area contributed by atoms with Crippen molar-refractivity contribution in [2.75, 3.05) is 5.32 Å². The first-order valence-electron chi connectivity index (χ1n) is 8.01. The van der Waals surface area contributed by atoms with Gasteiger partial charge < -0.3 is 9.88 Å². The van der Waals surface area contributed by atoms with Crippen molar-refractivity contribution in [2.24, 2.45) is 7.05 Å². The van der Waals surface area contributed by atoms with E-state index in [-0.39, 0.29) is 11.9 Å². The van der Waals surface area contributed by atoms with E-state index in [4.69, 9.17) is 0 Å². The van der Waals surface area contributed by atoms with E-state index in [0.29, 0.717) is 11.4 Å². The molecule has 1 atom stereocenters. The predicted molar refractivity (Wildman–Crippen MR) is 95.3 cm³/mol. The van der Waals surface area contributed by atoms with Crippen LogP contribution >= 0.6 is 0 Å². The number of benzene rings is 1. The molecule has 0 fully saturated rings. The summed E-state index contributed by atoms with van der Waals surface area (Å²) in [6.45, 7) is 6.17. The van der Waals surface area contributed by atoms with Crippen molar-refractivity contribution in [2.45, 2.75) is 26.8 Å². The Hall–Kier alpha value is -2.82. The van der Waals surface area contributed by atoms with Crippen LogP contribution in [0.3, 0.4) is 0 Å². The van der Waals surface area contributed by atoms with Gasteiger partial charge in [-0.2, -0.15) is 5.10 Å². The standard InChI is InChI=1S/C19H22N4O/c1-13-12-17(19(24)20-18-10-11-22(4)21-18)15(3)23(13)14(2)16-8-6-5-7-9-16/h5-12,14H,1-4H3,(H,20,21,24)/t14-/m0/s1. The maximum absolute atomic E-state index is 12.6. The smallest absolute Gasteiger partial charge is 0.258 e. The van der Waals surface area contributed by atoms with Crippen LogP contribution < -0.4 is 5.32 Å². The van der Waals surface area contributed by atoms with Crippen molar-refractivity contribution < 1.29 is 4.79 Å². The average Bonchev–Trinajstić information content (AvgIpc) is 3.10. The third-order valence-electron chi connectivity index (χ3n) is 4.35. The topological polar surface area (TPSA) is 51.9 Å². The first-order valence-corrected chi connectivity index (χ1v) is 8.01. The monoisotopic (exact) mass is 322 g/mol. The van der Waals surface area contributed by atoms with Gasteiger partial charge in [-0.05, 0) is 32.4 Å². The zero-order valence-electron chi connectivity index (χ0n) is 14.4. The van der Waals surface area contributed by atoms with E-state index in [9.17, 15) is 4.79 Å². The Morgan fingerprint density at radius 2 is 1.88 bits per heavy atom. The molecule has 0 saturated carbocycles. The number of hydrogen-bond acceptors (Lipinski definition) is 2. The molecule has 0 aliphatic rings. The highest BCUT2D eigenvalue weighted by molar-refractivity contribution is 6.04. The van der Waals surface area contributed by atoms with Gasteiger partial charge in [-0.15, -0.1) is 0 Å². The van der Waals surface area contributed by atoms with Crippen molar-refractivity contribution in [1.82, 2.24) is 14.3 Å². The Balaban J connectivity index is 1.90. The highest BCUT2D eigenvalue weighted by atomic mass is 16.1. The van der Waals surface area contributed by atoms with Crippen molar-refractivity contribution in [3.8, 4) is 0 Å². The van der Waals surface area contributed by atoms with E-state index in [0.717, 1.165) is 11.4 Å². The fourth-order valence-electron chi connectivity index (χ4n) is 3.15. The molecule has 1 amide bonds. The molecule has 124 valence electrons. The minimum absolute atomic E-state index is 0.131. The number of aryl methyl sites for hydroxylation is 2. The lowest BCUT2D eigenvalue weighted by Crippen LogP contribution is -2.15. The van der Waals surface area contributed by atoms with Gasteiger partial charge in [-0.3, -0.25) is 9.48 Å². The van der Waals surface area contributed by atoms with Crippen molar-refractivity contribution >= 4 is 11.7 Å². The van der Waals surface area contributed by atoms with Gasteiger partial charge in [-0.25, -0.2) is 0 Å². The average molecular weight is 322 g/mol. The van der Waals surface area contributed by atoms with Crippen LogP contribution in [0.5, 0.6) is 0 Å². The second kappa shape index (κ2) is 6.35. The molecule has 2 aromatic heterocycles. The molecular formula is C19H22N4O. The van der Waals surface area contributed by atoms with Gasteiger partial charge in [0, 0.05) is 30.7 Å². The third kappa shape index (κ3) is 2.97. The fraction of sp³-hybridized carbons (Fsp3) is 0.263. The molecule has 0 saturated heterocycles. The molecule has 24 heavy (non-hydrogen) atoms. The van der Waals surface area contributed by atoms with Crippen LogP contribution in [-0.2, 0) is 7.05 Å². The van der Waals surface area contributed by atoms with E-state index >= 15 is 0 Å². The highest BCUT2D eigenvalue weighted by Gasteiger charge is 2.20. The maximum atomic E-state index is 12.6. The molecule has 2 heterocycles. The van der Waals surface area contributed by atoms with Crippen LogP contribution in [-0.4, -0.2) is 20.3 Å². The van der Waals surface area contributed by atoms with Crippen LogP contribution in [0.15, 0.2) is 48.7 Å². The molecule has 0 aliphatic carbocycles. The molecule has 3 rings (SSSR count). The van der Waals surface area contributed by atoms with Gasteiger partial charge in [0.2, 0.25) is 0 Å². The fourth-order valence-corrected chi connectivity index (χ4v) is 3.15. The summed E-state index contributed by atoms with van der Waals surface area (Å²) in [6.07, 6.45) is 1.80. The number of carbonyl (C=O) groups is 1. The molecule has 0 radical (unpaired) electrons. The molecule has 1 aromatic carbocycles. The minimum Gasteiger partial charge on any atom is -0.341 e. The summed E-state index contributed by atoms with van der Waals surface area (Å²) in [7, 11) is 1.82. The van der Waals surface area contributed by atoms with Gasteiger partial charge in [0.05, 0.1) is 11.6 Å². The first kappa shape index (κ1) is 16.1. The van der Waals surface area contributed by atoms with E-state index in [1.165, 1.54) is 5.56 Å². The Kier molecular flexibility index (Phi) is 4.25. The van der Waals surface area contributed by atoms with Gasteiger partial charge >= 0.3 is 0 Å². The summed E-state index contributed by atoms with van der Waals surface area (Å²) >= 11 is 0. The van der Waals surface area contributed by atoms with Gasteiger partial charge in [0.25, 0.3) is 5.91 Å². The largest absolute Gasteiger partial charge is 0.341 e. The Morgan fingerprint density at radius 1 is 1.17 bits per heavy atom. The molecule has 3 aromatic rings. The molecule has 1 N–H and O–H groups in total. The lowest BCUT2D eigenvalue weighted by atomic mass is 10.1. The maximum Gasteiger partial charge on any atom is 0.258 e. The summed E-state index contributed by atoms with van der Waals surface area (Å²) < 4.78 is 3.86. The summed E-state index contributed by atoms with van der Waals surface area (Å²) in [5.41, 5.74) is 3.92. The third-order valence-corrected chi connectivity index (χ3v) is 4.35. The van der Waals surface area contributed by atoms with Gasteiger partial charge in [0.1, 0.15) is 0 Å². The number of aromatic nitrogens is 3. The molecule has 5 heteroatoms. The van der Waals surface area contributed by atoms with Crippen LogP contribution in [0.2, 0.25) is 0 Å². The summed E-state index contributed by atoms with van der Waals surface area (Å²) in [6, 6.07) is 14.2. The van der Waals surface area contributed by atoms with Crippen LogP contribution in [0, 0.1) is 13.8 Å². The minimum atomic E-state index is -0.131. The van der Waals surface area contributed by atoms with Gasteiger partial charge in [0.15, 0.2) is 5.82 Å². The number of carbonyl (C=O) groups excluding carboxylic acids is 1.